The van der Waals surface area contributed by atoms with Crippen LogP contribution in [0.2, 0.25) is 0 Å². The number of aliphatic imine (C=N–C) groups is 2. The first-order chi connectivity index (χ1) is 9.58. The molecular formula is C17H27N3. The molecule has 1 aromatic carbocycles. The summed E-state index contributed by atoms with van der Waals surface area (Å²) in [6, 6.07) is 6.48. The molecular weight excluding hydrogens is 246 g/mol. The highest BCUT2D eigenvalue weighted by Crippen LogP contribution is 2.13. The fourth-order valence-corrected chi connectivity index (χ4v) is 1.82. The van der Waals surface area contributed by atoms with Crippen LogP contribution in [-0.4, -0.2) is 11.4 Å². The highest BCUT2D eigenvalue weighted by molar-refractivity contribution is 5.81. The molecule has 110 valence electrons. The van der Waals surface area contributed by atoms with Crippen LogP contribution in [-0.2, 0) is 19.6 Å². The highest BCUT2D eigenvalue weighted by Gasteiger charge is 2.01. The average Bonchev–Trinajstić information content (AvgIpc) is 2.49. The number of hydrogen-bond acceptors (Lipinski definition) is 3. The lowest BCUT2D eigenvalue weighted by Gasteiger charge is -2.07. The topological polar surface area (TPSA) is 50.7 Å². The quantitative estimate of drug-likeness (QED) is 0.753. The predicted molar refractivity (Wildman–Crippen MR) is 88.5 cm³/mol. The van der Waals surface area contributed by atoms with Crippen molar-refractivity contribution in [2.75, 3.05) is 0 Å². The Morgan fingerprint density at radius 1 is 0.850 bits per heavy atom. The van der Waals surface area contributed by atoms with Crippen LogP contribution in [0.1, 0.15) is 57.2 Å². The van der Waals surface area contributed by atoms with Gasteiger partial charge in [-0.1, -0.05) is 32.0 Å². The van der Waals surface area contributed by atoms with E-state index in [0.29, 0.717) is 6.54 Å². The van der Waals surface area contributed by atoms with E-state index < -0.39 is 0 Å². The van der Waals surface area contributed by atoms with Crippen LogP contribution >= 0.6 is 0 Å². The molecule has 1 aromatic rings. The van der Waals surface area contributed by atoms with Crippen molar-refractivity contribution in [3.05, 3.63) is 34.9 Å². The van der Waals surface area contributed by atoms with Crippen LogP contribution in [0.15, 0.2) is 28.2 Å². The predicted octanol–water partition coefficient (Wildman–Crippen LogP) is 3.89. The van der Waals surface area contributed by atoms with E-state index in [-0.39, 0.29) is 0 Å². The van der Waals surface area contributed by atoms with Crippen LogP contribution < -0.4 is 5.73 Å². The second-order valence-electron chi connectivity index (χ2n) is 5.17. The van der Waals surface area contributed by atoms with Crippen molar-refractivity contribution < 1.29 is 0 Å². The van der Waals surface area contributed by atoms with Gasteiger partial charge in [0.1, 0.15) is 0 Å². The van der Waals surface area contributed by atoms with Gasteiger partial charge in [0.15, 0.2) is 0 Å². The number of rotatable bonds is 7. The van der Waals surface area contributed by atoms with Crippen LogP contribution in [0.25, 0.3) is 0 Å². The molecule has 20 heavy (non-hydrogen) atoms. The summed E-state index contributed by atoms with van der Waals surface area (Å²) in [6.45, 7) is 10.4. The number of nitrogens with two attached hydrogens (primary N) is 1. The summed E-state index contributed by atoms with van der Waals surface area (Å²) < 4.78 is 0. The molecule has 0 aliphatic heterocycles. The number of nitrogens with zero attached hydrogens (tertiary/aromatic N) is 2. The lowest BCUT2D eigenvalue weighted by Crippen LogP contribution is -2.00. The highest BCUT2D eigenvalue weighted by atomic mass is 14.7. The fraction of sp³-hybridized carbons (Fsp3) is 0.529. The summed E-state index contributed by atoms with van der Waals surface area (Å²) in [5.74, 6) is 0. The zero-order valence-electron chi connectivity index (χ0n) is 13.2. The van der Waals surface area contributed by atoms with Crippen molar-refractivity contribution in [2.45, 2.75) is 60.2 Å². The first-order valence-electron chi connectivity index (χ1n) is 7.40. The monoisotopic (exact) mass is 273 g/mol. The molecule has 0 aliphatic rings. The zero-order valence-corrected chi connectivity index (χ0v) is 13.2. The van der Waals surface area contributed by atoms with E-state index in [1.165, 1.54) is 22.6 Å². The third kappa shape index (κ3) is 5.66. The third-order valence-corrected chi connectivity index (χ3v) is 3.43. The Balaban J connectivity index is 2.90. The van der Waals surface area contributed by atoms with Gasteiger partial charge in [0.2, 0.25) is 0 Å². The van der Waals surface area contributed by atoms with Gasteiger partial charge in [0.25, 0.3) is 0 Å². The molecule has 0 radical (unpaired) electrons. The second kappa shape index (κ2) is 8.64. The number of hydrogen-bond donors (Lipinski definition) is 1. The van der Waals surface area contributed by atoms with Gasteiger partial charge in [0, 0.05) is 18.0 Å². The molecule has 2 N–H and O–H groups in total. The van der Waals surface area contributed by atoms with Crippen molar-refractivity contribution in [3.8, 4) is 0 Å². The van der Waals surface area contributed by atoms with Gasteiger partial charge in [-0.15, -0.1) is 0 Å². The Bertz CT molecular complexity index is 447. The smallest absolute Gasteiger partial charge is 0.0639 e. The largest absolute Gasteiger partial charge is 0.326 e. The minimum atomic E-state index is 0.563. The average molecular weight is 273 g/mol. The third-order valence-electron chi connectivity index (χ3n) is 3.43. The molecule has 0 amide bonds. The summed E-state index contributed by atoms with van der Waals surface area (Å²) >= 11 is 0. The minimum absolute atomic E-state index is 0.563. The van der Waals surface area contributed by atoms with E-state index in [0.717, 1.165) is 31.5 Å². The standard InChI is InChI=1S/C17H27N3/c1-5-13(3)19-11-16-7-15(10-18)8-17(9-16)12-20-14(4)6-2/h7-9H,5-6,10-12,18H2,1-4H3. The first kappa shape index (κ1) is 16.6. The zero-order chi connectivity index (χ0) is 15.0. The van der Waals surface area contributed by atoms with Gasteiger partial charge in [0.05, 0.1) is 13.1 Å². The molecule has 0 bridgehead atoms. The molecule has 0 heterocycles. The Labute approximate surface area is 123 Å². The number of benzene rings is 1. The van der Waals surface area contributed by atoms with Gasteiger partial charge >= 0.3 is 0 Å². The Kier molecular flexibility index (Phi) is 7.16. The van der Waals surface area contributed by atoms with Gasteiger partial charge in [-0.3, -0.25) is 9.98 Å². The molecule has 0 unspecified atom stereocenters. The van der Waals surface area contributed by atoms with Gasteiger partial charge in [-0.2, -0.15) is 0 Å². The van der Waals surface area contributed by atoms with Crippen LogP contribution in [0, 0.1) is 0 Å². The van der Waals surface area contributed by atoms with Crippen LogP contribution in [0.3, 0.4) is 0 Å². The molecule has 0 saturated heterocycles. The SMILES string of the molecule is CCC(C)=NCc1cc(CN)cc(CN=C(C)CC)c1. The van der Waals surface area contributed by atoms with E-state index in [9.17, 15) is 0 Å². The molecule has 0 aromatic heterocycles. The molecule has 0 fully saturated rings. The minimum Gasteiger partial charge on any atom is -0.326 e. The first-order valence-corrected chi connectivity index (χ1v) is 7.40. The summed E-state index contributed by atoms with van der Waals surface area (Å²) in [6.07, 6.45) is 2.01. The normalized spacial score (nSPS) is 12.8. The molecule has 1 rings (SSSR count). The fourth-order valence-electron chi connectivity index (χ4n) is 1.82. The maximum Gasteiger partial charge on any atom is 0.0639 e. The van der Waals surface area contributed by atoms with Crippen molar-refractivity contribution in [3.63, 3.8) is 0 Å². The van der Waals surface area contributed by atoms with Crippen molar-refractivity contribution in [1.29, 1.82) is 0 Å². The van der Waals surface area contributed by atoms with E-state index in [4.69, 9.17) is 5.73 Å². The molecule has 3 nitrogen and oxygen atoms in total. The van der Waals surface area contributed by atoms with Crippen molar-refractivity contribution in [1.82, 2.24) is 0 Å². The summed E-state index contributed by atoms with van der Waals surface area (Å²) in [5.41, 5.74) is 11.8. The molecule has 0 spiro atoms. The van der Waals surface area contributed by atoms with Gasteiger partial charge < -0.3 is 5.73 Å². The summed E-state index contributed by atoms with van der Waals surface area (Å²) in [4.78, 5) is 9.16. The van der Waals surface area contributed by atoms with Gasteiger partial charge in [-0.25, -0.2) is 0 Å². The van der Waals surface area contributed by atoms with E-state index in [2.05, 4.69) is 55.9 Å². The Morgan fingerprint density at radius 2 is 1.25 bits per heavy atom. The molecule has 3 heteroatoms. The van der Waals surface area contributed by atoms with E-state index in [1.54, 1.807) is 0 Å². The maximum absolute atomic E-state index is 5.78. The summed E-state index contributed by atoms with van der Waals surface area (Å²) in [5, 5.41) is 0. The lowest BCUT2D eigenvalue weighted by molar-refractivity contribution is 0.977. The maximum atomic E-state index is 5.78. The second-order valence-corrected chi connectivity index (χ2v) is 5.17. The lowest BCUT2D eigenvalue weighted by atomic mass is 10.1. The molecule has 0 aliphatic carbocycles. The molecule has 0 atom stereocenters. The van der Waals surface area contributed by atoms with Crippen molar-refractivity contribution in [2.24, 2.45) is 15.7 Å². The van der Waals surface area contributed by atoms with Gasteiger partial charge in [-0.05, 0) is 43.4 Å². The Morgan fingerprint density at radius 3 is 1.60 bits per heavy atom. The van der Waals surface area contributed by atoms with Crippen LogP contribution in [0.5, 0.6) is 0 Å². The summed E-state index contributed by atoms with van der Waals surface area (Å²) in [7, 11) is 0. The van der Waals surface area contributed by atoms with Crippen LogP contribution in [0.4, 0.5) is 0 Å². The van der Waals surface area contributed by atoms with E-state index in [1.807, 2.05) is 0 Å². The van der Waals surface area contributed by atoms with Crippen molar-refractivity contribution >= 4 is 11.4 Å². The molecule has 0 saturated carbocycles. The Hall–Kier alpha value is -1.48. The van der Waals surface area contributed by atoms with E-state index >= 15 is 0 Å².